The number of amides is 2. The molecule has 3 N–H and O–H groups in total. The van der Waals surface area contributed by atoms with E-state index < -0.39 is 5.41 Å². The third-order valence-corrected chi connectivity index (χ3v) is 4.61. The molecule has 1 aliphatic rings. The van der Waals surface area contributed by atoms with Crippen LogP contribution in [0.4, 0.5) is 4.39 Å². The van der Waals surface area contributed by atoms with E-state index in [1.54, 1.807) is 17.0 Å². The van der Waals surface area contributed by atoms with Gasteiger partial charge in [-0.3, -0.25) is 9.59 Å². The summed E-state index contributed by atoms with van der Waals surface area (Å²) in [6, 6.07) is 6.24. The number of benzene rings is 1. The van der Waals surface area contributed by atoms with Gasteiger partial charge in [-0.15, -0.1) is 0 Å². The maximum atomic E-state index is 13.1. The number of nitrogens with two attached hydrogens (primary N) is 1. The van der Waals surface area contributed by atoms with E-state index in [1.165, 1.54) is 12.1 Å². The monoisotopic (exact) mass is 349 g/mol. The number of nitrogens with one attached hydrogen (secondary N) is 1. The van der Waals surface area contributed by atoms with Gasteiger partial charge in [-0.1, -0.05) is 32.9 Å². The van der Waals surface area contributed by atoms with Crippen molar-refractivity contribution in [2.45, 2.75) is 45.6 Å². The Kier molecular flexibility index (Phi) is 6.16. The molecule has 6 heteroatoms. The minimum atomic E-state index is -0.459. The van der Waals surface area contributed by atoms with Gasteiger partial charge in [-0.25, -0.2) is 4.39 Å². The van der Waals surface area contributed by atoms with Gasteiger partial charge in [0.15, 0.2) is 0 Å². The van der Waals surface area contributed by atoms with Gasteiger partial charge in [0.2, 0.25) is 11.8 Å². The van der Waals surface area contributed by atoms with E-state index in [-0.39, 0.29) is 36.0 Å². The molecule has 2 unspecified atom stereocenters. The van der Waals surface area contributed by atoms with Gasteiger partial charge in [-0.2, -0.15) is 0 Å². The molecule has 1 heterocycles. The van der Waals surface area contributed by atoms with Crippen LogP contribution in [0.5, 0.6) is 0 Å². The molecule has 2 rings (SSSR count). The van der Waals surface area contributed by atoms with E-state index in [2.05, 4.69) is 5.32 Å². The van der Waals surface area contributed by atoms with Crippen molar-refractivity contribution in [3.05, 3.63) is 35.6 Å². The number of carbonyl (C=O) groups excluding carboxylic acids is 2. The normalized spacial score (nSPS) is 21.1. The van der Waals surface area contributed by atoms with E-state index >= 15 is 0 Å². The van der Waals surface area contributed by atoms with Gasteiger partial charge in [0.05, 0.1) is 0 Å². The Morgan fingerprint density at radius 3 is 2.48 bits per heavy atom. The largest absolute Gasteiger partial charge is 0.355 e. The van der Waals surface area contributed by atoms with Crippen LogP contribution in [0, 0.1) is 11.2 Å². The van der Waals surface area contributed by atoms with Crippen LogP contribution in [0.3, 0.4) is 0 Å². The van der Waals surface area contributed by atoms with Crippen molar-refractivity contribution < 1.29 is 14.0 Å². The van der Waals surface area contributed by atoms with E-state index in [1.807, 2.05) is 20.8 Å². The summed E-state index contributed by atoms with van der Waals surface area (Å²) < 4.78 is 13.1. The van der Waals surface area contributed by atoms with E-state index in [0.717, 1.165) is 12.0 Å². The van der Waals surface area contributed by atoms with Gasteiger partial charge >= 0.3 is 0 Å². The molecule has 1 aromatic rings. The molecule has 0 aliphatic carbocycles. The molecule has 2 amide bonds. The van der Waals surface area contributed by atoms with E-state index in [0.29, 0.717) is 19.6 Å². The number of hydrogen-bond donors (Lipinski definition) is 2. The van der Waals surface area contributed by atoms with Gasteiger partial charge < -0.3 is 16.0 Å². The van der Waals surface area contributed by atoms with Crippen LogP contribution in [0.2, 0.25) is 0 Å². The summed E-state index contributed by atoms with van der Waals surface area (Å²) in [4.78, 5) is 25.9. The summed E-state index contributed by atoms with van der Waals surface area (Å²) in [6.07, 6.45) is 1.03. The minimum absolute atomic E-state index is 0.00205. The molecule has 2 atom stereocenters. The number of rotatable bonds is 4. The van der Waals surface area contributed by atoms with Gasteiger partial charge in [0.25, 0.3) is 0 Å². The highest BCUT2D eigenvalue weighted by Gasteiger charge is 2.30. The molecule has 0 saturated carbocycles. The highest BCUT2D eigenvalue weighted by molar-refractivity contribution is 5.82. The maximum absolute atomic E-state index is 13.1. The Bertz CT molecular complexity index is 610. The van der Waals surface area contributed by atoms with Crippen molar-refractivity contribution in [1.29, 1.82) is 0 Å². The topological polar surface area (TPSA) is 75.4 Å². The second-order valence-electron chi connectivity index (χ2n) is 7.71. The van der Waals surface area contributed by atoms with Crippen LogP contribution in [0.25, 0.3) is 0 Å². The highest BCUT2D eigenvalue weighted by atomic mass is 19.1. The van der Waals surface area contributed by atoms with Crippen molar-refractivity contribution in [1.82, 2.24) is 10.2 Å². The molecule has 25 heavy (non-hydrogen) atoms. The summed E-state index contributed by atoms with van der Waals surface area (Å²) in [5.74, 6) is -0.193. The first-order valence-electron chi connectivity index (χ1n) is 8.75. The number of halogens is 1. The fourth-order valence-corrected chi connectivity index (χ4v) is 3.04. The molecular formula is C19H28FN3O2. The zero-order valence-electron chi connectivity index (χ0n) is 15.2. The first-order chi connectivity index (χ1) is 11.7. The number of nitrogens with zero attached hydrogens (tertiary/aromatic N) is 1. The standard InChI is InChI=1S/C19H28FN3O2/c1-19(2,3)18(25)22-10-8-17(24)23-11-9-15(16(21)12-23)13-4-6-14(20)7-5-13/h4-7,15-16H,8-12,21H2,1-3H3,(H,22,25). The molecular weight excluding hydrogens is 321 g/mol. The predicted molar refractivity (Wildman–Crippen MR) is 95.4 cm³/mol. The van der Waals surface area contributed by atoms with Crippen molar-refractivity contribution >= 4 is 11.8 Å². The molecule has 1 aliphatic heterocycles. The zero-order chi connectivity index (χ0) is 18.6. The second-order valence-corrected chi connectivity index (χ2v) is 7.71. The summed E-state index contributed by atoms with van der Waals surface area (Å²) in [5, 5.41) is 2.79. The van der Waals surface area contributed by atoms with Crippen molar-refractivity contribution in [2.24, 2.45) is 11.1 Å². The third-order valence-electron chi connectivity index (χ3n) is 4.61. The Hall–Kier alpha value is -1.95. The Morgan fingerprint density at radius 1 is 1.28 bits per heavy atom. The second kappa shape index (κ2) is 7.95. The lowest BCUT2D eigenvalue weighted by molar-refractivity contribution is -0.133. The van der Waals surface area contributed by atoms with E-state index in [9.17, 15) is 14.0 Å². The van der Waals surface area contributed by atoms with Crippen LogP contribution in [-0.2, 0) is 9.59 Å². The van der Waals surface area contributed by atoms with Crippen molar-refractivity contribution in [2.75, 3.05) is 19.6 Å². The van der Waals surface area contributed by atoms with E-state index in [4.69, 9.17) is 5.73 Å². The average molecular weight is 349 g/mol. The molecule has 0 radical (unpaired) electrons. The fraction of sp³-hybridized carbons (Fsp3) is 0.579. The average Bonchev–Trinajstić information content (AvgIpc) is 2.54. The molecule has 1 saturated heterocycles. The number of carbonyl (C=O) groups is 2. The lowest BCUT2D eigenvalue weighted by Gasteiger charge is -2.37. The van der Waals surface area contributed by atoms with Crippen molar-refractivity contribution in [3.63, 3.8) is 0 Å². The molecule has 5 nitrogen and oxygen atoms in total. The Labute approximate surface area is 148 Å². The molecule has 138 valence electrons. The summed E-state index contributed by atoms with van der Waals surface area (Å²) in [6.45, 7) is 6.95. The van der Waals surface area contributed by atoms with Gasteiger partial charge in [0, 0.05) is 43.4 Å². The fourth-order valence-electron chi connectivity index (χ4n) is 3.04. The van der Waals surface area contributed by atoms with Crippen LogP contribution < -0.4 is 11.1 Å². The van der Waals surface area contributed by atoms with Gasteiger partial charge in [-0.05, 0) is 24.1 Å². The smallest absolute Gasteiger partial charge is 0.225 e. The molecule has 0 spiro atoms. The van der Waals surface area contributed by atoms with Crippen LogP contribution >= 0.6 is 0 Å². The van der Waals surface area contributed by atoms with Crippen LogP contribution in [0.15, 0.2) is 24.3 Å². The predicted octanol–water partition coefficient (Wildman–Crippen LogP) is 2.02. The SMILES string of the molecule is CC(C)(C)C(=O)NCCC(=O)N1CCC(c2ccc(F)cc2)C(N)C1. The van der Waals surface area contributed by atoms with Crippen LogP contribution in [-0.4, -0.2) is 42.4 Å². The lowest BCUT2D eigenvalue weighted by Crippen LogP contribution is -2.50. The van der Waals surface area contributed by atoms with Gasteiger partial charge in [0.1, 0.15) is 5.82 Å². The number of likely N-dealkylation sites (tertiary alicyclic amines) is 1. The summed E-state index contributed by atoms with van der Waals surface area (Å²) in [7, 11) is 0. The zero-order valence-corrected chi connectivity index (χ0v) is 15.2. The molecule has 0 aromatic heterocycles. The number of piperidine rings is 1. The first kappa shape index (κ1) is 19.4. The molecule has 1 fully saturated rings. The summed E-state index contributed by atoms with van der Waals surface area (Å²) in [5.41, 5.74) is 6.81. The number of hydrogen-bond acceptors (Lipinski definition) is 3. The Balaban J connectivity index is 1.82. The molecule has 1 aromatic carbocycles. The minimum Gasteiger partial charge on any atom is -0.355 e. The maximum Gasteiger partial charge on any atom is 0.225 e. The molecule has 0 bridgehead atoms. The summed E-state index contributed by atoms with van der Waals surface area (Å²) >= 11 is 0. The third kappa shape index (κ3) is 5.26. The van der Waals surface area contributed by atoms with Crippen LogP contribution in [0.1, 0.15) is 45.1 Å². The quantitative estimate of drug-likeness (QED) is 0.873. The lowest BCUT2D eigenvalue weighted by atomic mass is 9.85. The highest BCUT2D eigenvalue weighted by Crippen LogP contribution is 2.27. The first-order valence-corrected chi connectivity index (χ1v) is 8.75. The Morgan fingerprint density at radius 2 is 1.92 bits per heavy atom. The van der Waals surface area contributed by atoms with Crippen molar-refractivity contribution in [3.8, 4) is 0 Å².